The van der Waals surface area contributed by atoms with Crippen LogP contribution in [0.2, 0.25) is 0 Å². The Morgan fingerprint density at radius 3 is 2.32 bits per heavy atom. The first-order valence-corrected chi connectivity index (χ1v) is 8.61. The molecular formula is C20H24ClN. The molecular weight excluding hydrogens is 290 g/mol. The van der Waals surface area contributed by atoms with Gasteiger partial charge in [0.25, 0.3) is 0 Å². The highest BCUT2D eigenvalue weighted by atomic mass is 35.5. The molecule has 0 amide bonds. The third-order valence-electron chi connectivity index (χ3n) is 4.42. The molecule has 1 nitrogen and oxygen atoms in total. The van der Waals surface area contributed by atoms with Crippen LogP contribution in [0.4, 0.5) is 0 Å². The molecule has 0 aliphatic heterocycles. The molecule has 0 spiro atoms. The first kappa shape index (κ1) is 15.6. The number of alkyl halides is 1. The molecule has 1 aliphatic rings. The fraction of sp³-hybridized carbons (Fsp3) is 0.400. The molecule has 2 heteroatoms. The second-order valence-electron chi connectivity index (χ2n) is 6.43. The highest BCUT2D eigenvalue weighted by Gasteiger charge is 2.36. The summed E-state index contributed by atoms with van der Waals surface area (Å²) < 4.78 is 0. The van der Waals surface area contributed by atoms with Crippen LogP contribution >= 0.6 is 11.6 Å². The summed E-state index contributed by atoms with van der Waals surface area (Å²) in [7, 11) is 2.20. The van der Waals surface area contributed by atoms with Gasteiger partial charge >= 0.3 is 0 Å². The van der Waals surface area contributed by atoms with Gasteiger partial charge in [-0.3, -0.25) is 0 Å². The van der Waals surface area contributed by atoms with E-state index in [-0.39, 0.29) is 0 Å². The lowest BCUT2D eigenvalue weighted by Gasteiger charge is -2.16. The molecule has 0 heterocycles. The van der Waals surface area contributed by atoms with Gasteiger partial charge in [-0.1, -0.05) is 54.6 Å². The number of benzene rings is 2. The van der Waals surface area contributed by atoms with Gasteiger partial charge < -0.3 is 4.90 Å². The minimum absolute atomic E-state index is 0.373. The minimum Gasteiger partial charge on any atom is -0.302 e. The maximum absolute atomic E-state index is 6.11. The van der Waals surface area contributed by atoms with Gasteiger partial charge in [0.1, 0.15) is 0 Å². The van der Waals surface area contributed by atoms with Gasteiger partial charge in [0.2, 0.25) is 0 Å². The topological polar surface area (TPSA) is 3.24 Å². The van der Waals surface area contributed by atoms with Crippen LogP contribution < -0.4 is 0 Å². The normalized spacial score (nSPS) is 20.3. The molecule has 22 heavy (non-hydrogen) atoms. The second kappa shape index (κ2) is 7.30. The Bertz CT molecular complexity index is 578. The van der Waals surface area contributed by atoms with Gasteiger partial charge in [0.05, 0.1) is 0 Å². The Balaban J connectivity index is 1.41. The molecule has 3 rings (SSSR count). The van der Waals surface area contributed by atoms with E-state index in [1.165, 1.54) is 23.1 Å². The average molecular weight is 314 g/mol. The molecule has 1 saturated carbocycles. The maximum atomic E-state index is 6.11. The van der Waals surface area contributed by atoms with Crippen molar-refractivity contribution in [3.8, 4) is 0 Å². The molecule has 1 fully saturated rings. The minimum atomic E-state index is 0.373. The van der Waals surface area contributed by atoms with Crippen LogP contribution in [0.25, 0.3) is 0 Å². The van der Waals surface area contributed by atoms with Crippen molar-refractivity contribution in [3.63, 3.8) is 0 Å². The van der Waals surface area contributed by atoms with Gasteiger partial charge in [-0.15, -0.1) is 11.6 Å². The summed E-state index contributed by atoms with van der Waals surface area (Å²) >= 11 is 6.11. The van der Waals surface area contributed by atoms with Crippen molar-refractivity contribution in [2.75, 3.05) is 13.6 Å². The zero-order valence-electron chi connectivity index (χ0n) is 13.2. The van der Waals surface area contributed by atoms with Gasteiger partial charge in [-0.05, 0) is 49.5 Å². The standard InChI is InChI=1S/C20H24ClN/c1-22(15-17-6-3-2-4-7-17)13-5-8-16-9-11-18(12-10-16)19-14-20(19)21/h2-4,6-7,9-12,19-20H,5,8,13-15H2,1H3. The molecule has 0 aromatic heterocycles. The largest absolute Gasteiger partial charge is 0.302 e. The van der Waals surface area contributed by atoms with Crippen LogP contribution in [-0.4, -0.2) is 23.9 Å². The van der Waals surface area contributed by atoms with Crippen LogP contribution in [0.5, 0.6) is 0 Å². The maximum Gasteiger partial charge on any atom is 0.0411 e. The van der Waals surface area contributed by atoms with E-state index in [0.717, 1.165) is 25.9 Å². The molecule has 2 aromatic rings. The predicted molar refractivity (Wildman–Crippen MR) is 94.5 cm³/mol. The molecule has 0 radical (unpaired) electrons. The number of halogens is 1. The van der Waals surface area contributed by atoms with E-state index < -0.39 is 0 Å². The molecule has 2 atom stereocenters. The van der Waals surface area contributed by atoms with E-state index in [0.29, 0.717) is 11.3 Å². The Morgan fingerprint density at radius 2 is 1.68 bits per heavy atom. The monoisotopic (exact) mass is 313 g/mol. The quantitative estimate of drug-likeness (QED) is 0.661. The summed E-state index contributed by atoms with van der Waals surface area (Å²) in [5.74, 6) is 0.604. The number of hydrogen-bond donors (Lipinski definition) is 0. The SMILES string of the molecule is CN(CCCc1ccc(C2CC2Cl)cc1)Cc1ccccc1. The smallest absolute Gasteiger partial charge is 0.0411 e. The highest BCUT2D eigenvalue weighted by molar-refractivity contribution is 6.23. The van der Waals surface area contributed by atoms with E-state index in [2.05, 4.69) is 66.5 Å². The Kier molecular flexibility index (Phi) is 5.17. The fourth-order valence-electron chi connectivity index (χ4n) is 2.97. The van der Waals surface area contributed by atoms with Gasteiger partial charge in [-0.2, -0.15) is 0 Å². The van der Waals surface area contributed by atoms with Crippen LogP contribution in [0.15, 0.2) is 54.6 Å². The van der Waals surface area contributed by atoms with Crippen LogP contribution in [0.1, 0.15) is 35.4 Å². The predicted octanol–water partition coefficient (Wildman–Crippen LogP) is 4.85. The van der Waals surface area contributed by atoms with Crippen molar-refractivity contribution >= 4 is 11.6 Å². The molecule has 0 bridgehead atoms. The Morgan fingerprint density at radius 1 is 1.00 bits per heavy atom. The number of hydrogen-bond acceptors (Lipinski definition) is 1. The lowest BCUT2D eigenvalue weighted by molar-refractivity contribution is 0.322. The van der Waals surface area contributed by atoms with Crippen molar-refractivity contribution in [2.45, 2.75) is 37.1 Å². The molecule has 1 aliphatic carbocycles. The summed E-state index contributed by atoms with van der Waals surface area (Å²) in [6.07, 6.45) is 3.49. The average Bonchev–Trinajstić information content (AvgIpc) is 3.26. The van der Waals surface area contributed by atoms with Crippen LogP contribution in [0, 0.1) is 0 Å². The second-order valence-corrected chi connectivity index (χ2v) is 6.99. The Hall–Kier alpha value is -1.31. The fourth-order valence-corrected chi connectivity index (χ4v) is 3.31. The number of rotatable bonds is 7. The summed E-state index contributed by atoms with van der Waals surface area (Å²) in [6.45, 7) is 2.15. The molecule has 2 aromatic carbocycles. The van der Waals surface area contributed by atoms with Crippen LogP contribution in [-0.2, 0) is 13.0 Å². The van der Waals surface area contributed by atoms with Gasteiger partial charge in [-0.25, -0.2) is 0 Å². The molecule has 0 N–H and O–H groups in total. The number of aryl methyl sites for hydroxylation is 1. The van der Waals surface area contributed by atoms with Crippen LogP contribution in [0.3, 0.4) is 0 Å². The first-order chi connectivity index (χ1) is 10.7. The van der Waals surface area contributed by atoms with E-state index in [1.807, 2.05) is 0 Å². The first-order valence-electron chi connectivity index (χ1n) is 8.18. The highest BCUT2D eigenvalue weighted by Crippen LogP contribution is 2.45. The summed E-state index contributed by atoms with van der Waals surface area (Å²) in [5, 5.41) is 0.373. The van der Waals surface area contributed by atoms with Crippen molar-refractivity contribution in [2.24, 2.45) is 0 Å². The number of nitrogens with zero attached hydrogens (tertiary/aromatic N) is 1. The van der Waals surface area contributed by atoms with Gasteiger partial charge in [0.15, 0.2) is 0 Å². The van der Waals surface area contributed by atoms with E-state index in [9.17, 15) is 0 Å². The zero-order chi connectivity index (χ0) is 15.4. The summed E-state index contributed by atoms with van der Waals surface area (Å²) in [5.41, 5.74) is 4.22. The van der Waals surface area contributed by atoms with Gasteiger partial charge in [0, 0.05) is 17.8 Å². The van der Waals surface area contributed by atoms with Crippen molar-refractivity contribution in [1.29, 1.82) is 0 Å². The summed E-state index contributed by atoms with van der Waals surface area (Å²) in [4.78, 5) is 2.39. The van der Waals surface area contributed by atoms with Crippen molar-refractivity contribution in [3.05, 3.63) is 71.3 Å². The molecule has 2 unspecified atom stereocenters. The van der Waals surface area contributed by atoms with E-state index >= 15 is 0 Å². The van der Waals surface area contributed by atoms with E-state index in [1.54, 1.807) is 0 Å². The Labute approximate surface area is 138 Å². The van der Waals surface area contributed by atoms with Crippen molar-refractivity contribution < 1.29 is 0 Å². The third-order valence-corrected chi connectivity index (χ3v) is 4.90. The van der Waals surface area contributed by atoms with E-state index in [4.69, 9.17) is 11.6 Å². The molecule has 116 valence electrons. The zero-order valence-corrected chi connectivity index (χ0v) is 14.0. The summed E-state index contributed by atoms with van der Waals surface area (Å²) in [6, 6.07) is 19.7. The lowest BCUT2D eigenvalue weighted by atomic mass is 10.0. The lowest BCUT2D eigenvalue weighted by Crippen LogP contribution is -2.19. The van der Waals surface area contributed by atoms with Crippen molar-refractivity contribution in [1.82, 2.24) is 4.90 Å². The molecule has 0 saturated heterocycles. The third kappa shape index (κ3) is 4.34.